The van der Waals surface area contributed by atoms with Crippen LogP contribution in [-0.4, -0.2) is 39.0 Å². The van der Waals surface area contributed by atoms with Crippen LogP contribution in [-0.2, 0) is 14.8 Å². The molecule has 0 aliphatic carbocycles. The largest absolute Gasteiger partial charge is 0.358 e. The summed E-state index contributed by atoms with van der Waals surface area (Å²) < 4.78 is 27.8. The fourth-order valence-corrected chi connectivity index (χ4v) is 4.17. The summed E-state index contributed by atoms with van der Waals surface area (Å²) in [5, 5.41) is 2.53. The number of anilines is 1. The average Bonchev–Trinajstić information content (AvgIpc) is 2.65. The Morgan fingerprint density at radius 2 is 1.75 bits per heavy atom. The first-order chi connectivity index (χ1) is 13.3. The minimum absolute atomic E-state index is 0.0154. The lowest BCUT2D eigenvalue weighted by molar-refractivity contribution is -0.367. The van der Waals surface area contributed by atoms with Gasteiger partial charge in [0.1, 0.15) is 0 Å². The third-order valence-corrected chi connectivity index (χ3v) is 6.03. The SMILES string of the molecule is CCCCCCCCS(=O)(=O)Nc1ccc(Br)cc1C(=O)C(=O)NCCC[NH3+]. The van der Waals surface area contributed by atoms with Crippen LogP contribution >= 0.6 is 15.9 Å². The Morgan fingerprint density at radius 3 is 2.43 bits per heavy atom. The molecule has 1 amide bonds. The summed E-state index contributed by atoms with van der Waals surface area (Å²) in [4.78, 5) is 24.5. The Hall–Kier alpha value is -1.45. The van der Waals surface area contributed by atoms with Gasteiger partial charge < -0.3 is 11.1 Å². The van der Waals surface area contributed by atoms with Crippen molar-refractivity contribution in [2.24, 2.45) is 0 Å². The van der Waals surface area contributed by atoms with E-state index in [2.05, 4.69) is 38.6 Å². The highest BCUT2D eigenvalue weighted by molar-refractivity contribution is 9.10. The number of rotatable bonds is 14. The number of Topliss-reactive ketones (excluding diaryl/α,β-unsaturated/α-hetero) is 1. The van der Waals surface area contributed by atoms with Crippen LogP contribution in [0.25, 0.3) is 0 Å². The molecule has 158 valence electrons. The summed E-state index contributed by atoms with van der Waals surface area (Å²) in [6, 6.07) is 4.56. The number of unbranched alkanes of at least 4 members (excludes halogenated alkanes) is 5. The van der Waals surface area contributed by atoms with E-state index in [0.29, 0.717) is 30.4 Å². The molecule has 7 nitrogen and oxygen atoms in total. The Morgan fingerprint density at radius 1 is 1.07 bits per heavy atom. The number of carbonyl (C=O) groups is 2. The number of nitrogens with one attached hydrogen (secondary N) is 2. The number of ketones is 1. The number of quaternary nitrogens is 1. The molecule has 0 aliphatic rings. The van der Waals surface area contributed by atoms with E-state index in [0.717, 1.165) is 32.1 Å². The van der Waals surface area contributed by atoms with Gasteiger partial charge in [-0.05, 0) is 24.6 Å². The molecule has 0 aromatic heterocycles. The van der Waals surface area contributed by atoms with Crippen LogP contribution in [0, 0.1) is 0 Å². The third kappa shape index (κ3) is 9.16. The molecule has 0 heterocycles. The third-order valence-electron chi connectivity index (χ3n) is 4.18. The maximum absolute atomic E-state index is 12.5. The quantitative estimate of drug-likeness (QED) is 0.217. The van der Waals surface area contributed by atoms with Crippen molar-refractivity contribution in [2.75, 3.05) is 23.6 Å². The zero-order chi connectivity index (χ0) is 21.0. The molecule has 0 aliphatic heterocycles. The Kier molecular flexibility index (Phi) is 11.3. The summed E-state index contributed by atoms with van der Waals surface area (Å²) in [5.74, 6) is -1.55. The minimum atomic E-state index is -3.60. The first-order valence-corrected chi connectivity index (χ1v) is 12.2. The van der Waals surface area contributed by atoms with Crippen molar-refractivity contribution in [1.29, 1.82) is 0 Å². The van der Waals surface area contributed by atoms with Crippen LogP contribution in [0.15, 0.2) is 22.7 Å². The van der Waals surface area contributed by atoms with E-state index in [4.69, 9.17) is 0 Å². The van der Waals surface area contributed by atoms with Gasteiger partial charge in [-0.15, -0.1) is 0 Å². The molecule has 0 spiro atoms. The zero-order valence-corrected chi connectivity index (χ0v) is 18.8. The van der Waals surface area contributed by atoms with E-state index in [1.165, 1.54) is 12.1 Å². The van der Waals surface area contributed by atoms with Crippen LogP contribution in [0.5, 0.6) is 0 Å². The molecule has 0 unspecified atom stereocenters. The highest BCUT2D eigenvalue weighted by atomic mass is 79.9. The van der Waals surface area contributed by atoms with Crippen LogP contribution in [0.2, 0.25) is 0 Å². The number of amides is 1. The number of halogens is 1. The maximum Gasteiger partial charge on any atom is 0.292 e. The molecule has 0 radical (unpaired) electrons. The van der Waals surface area contributed by atoms with Gasteiger partial charge in [0.2, 0.25) is 10.0 Å². The zero-order valence-electron chi connectivity index (χ0n) is 16.4. The lowest BCUT2D eigenvalue weighted by Crippen LogP contribution is -2.51. The molecule has 0 bridgehead atoms. The van der Waals surface area contributed by atoms with Gasteiger partial charge in [0.05, 0.1) is 23.5 Å². The lowest BCUT2D eigenvalue weighted by Gasteiger charge is -2.12. The molecule has 28 heavy (non-hydrogen) atoms. The van der Waals surface area contributed by atoms with Gasteiger partial charge in [-0.2, -0.15) is 0 Å². The fourth-order valence-electron chi connectivity index (χ4n) is 2.61. The van der Waals surface area contributed by atoms with Crippen LogP contribution in [0.3, 0.4) is 0 Å². The Balaban J connectivity index is 2.77. The number of hydrogen-bond acceptors (Lipinski definition) is 4. The molecule has 0 atom stereocenters. The van der Waals surface area contributed by atoms with Crippen LogP contribution in [0.4, 0.5) is 5.69 Å². The smallest absolute Gasteiger partial charge is 0.292 e. The molecular weight excluding hydrogens is 446 g/mol. The van der Waals surface area contributed by atoms with Gasteiger partial charge in [0.25, 0.3) is 11.7 Å². The van der Waals surface area contributed by atoms with Crippen molar-refractivity contribution < 1.29 is 23.7 Å². The first-order valence-electron chi connectivity index (χ1n) is 9.72. The number of sulfonamides is 1. The van der Waals surface area contributed by atoms with Gasteiger partial charge in [0.15, 0.2) is 0 Å². The van der Waals surface area contributed by atoms with Gasteiger partial charge >= 0.3 is 0 Å². The number of hydrogen-bond donors (Lipinski definition) is 3. The molecule has 9 heteroatoms. The lowest BCUT2D eigenvalue weighted by atomic mass is 10.1. The summed E-state index contributed by atoms with van der Waals surface area (Å²) >= 11 is 3.26. The average molecular weight is 477 g/mol. The van der Waals surface area contributed by atoms with E-state index < -0.39 is 21.7 Å². The summed E-state index contributed by atoms with van der Waals surface area (Å²) in [5.41, 5.74) is 3.82. The maximum atomic E-state index is 12.5. The second-order valence-corrected chi connectivity index (χ2v) is 9.43. The molecule has 1 rings (SSSR count). The van der Waals surface area contributed by atoms with Gasteiger partial charge in [-0.3, -0.25) is 14.3 Å². The summed E-state index contributed by atoms with van der Waals surface area (Å²) in [7, 11) is -3.60. The van der Waals surface area contributed by atoms with Crippen molar-refractivity contribution in [3.8, 4) is 0 Å². The van der Waals surface area contributed by atoms with E-state index in [-0.39, 0.29) is 17.0 Å². The van der Waals surface area contributed by atoms with Crippen molar-refractivity contribution in [2.45, 2.75) is 51.9 Å². The first kappa shape index (κ1) is 24.6. The van der Waals surface area contributed by atoms with Crippen molar-refractivity contribution in [1.82, 2.24) is 5.32 Å². The standard InChI is InChI=1S/C19H30BrN3O4S/c1-2-3-4-5-6-7-13-28(26,27)23-17-10-9-15(20)14-16(17)18(24)19(25)22-12-8-11-21/h9-10,14,23H,2-8,11-13,21H2,1H3,(H,22,25)/p+1. The van der Waals surface area contributed by atoms with E-state index in [1.807, 2.05) is 0 Å². The summed E-state index contributed by atoms with van der Waals surface area (Å²) in [6.45, 7) is 3.13. The molecular formula is C19H31BrN3O4S+. The van der Waals surface area contributed by atoms with Gasteiger partial charge in [0, 0.05) is 17.4 Å². The number of benzene rings is 1. The molecule has 5 N–H and O–H groups in total. The fraction of sp³-hybridized carbons (Fsp3) is 0.579. The van der Waals surface area contributed by atoms with E-state index >= 15 is 0 Å². The second kappa shape index (κ2) is 12.9. The molecule has 0 saturated heterocycles. The van der Waals surface area contributed by atoms with Crippen molar-refractivity contribution in [3.63, 3.8) is 0 Å². The monoisotopic (exact) mass is 476 g/mol. The second-order valence-electron chi connectivity index (χ2n) is 6.67. The number of carbonyl (C=O) groups excluding carboxylic acids is 2. The summed E-state index contributed by atoms with van der Waals surface area (Å²) in [6.07, 6.45) is 6.49. The topological polar surface area (TPSA) is 120 Å². The molecule has 0 fully saturated rings. The van der Waals surface area contributed by atoms with Crippen LogP contribution < -0.4 is 15.8 Å². The Labute approximate surface area is 176 Å². The predicted octanol–water partition coefficient (Wildman–Crippen LogP) is 2.48. The predicted molar refractivity (Wildman–Crippen MR) is 115 cm³/mol. The normalized spacial score (nSPS) is 11.2. The highest BCUT2D eigenvalue weighted by Gasteiger charge is 2.22. The van der Waals surface area contributed by atoms with Crippen molar-refractivity contribution in [3.05, 3.63) is 28.2 Å². The highest BCUT2D eigenvalue weighted by Crippen LogP contribution is 2.23. The molecule has 1 aromatic rings. The van der Waals surface area contributed by atoms with Crippen LogP contribution in [0.1, 0.15) is 62.2 Å². The van der Waals surface area contributed by atoms with E-state index in [9.17, 15) is 18.0 Å². The minimum Gasteiger partial charge on any atom is -0.358 e. The Bertz CT molecular complexity index is 754. The van der Waals surface area contributed by atoms with E-state index in [1.54, 1.807) is 6.07 Å². The van der Waals surface area contributed by atoms with Gasteiger partial charge in [-0.1, -0.05) is 55.0 Å². The van der Waals surface area contributed by atoms with Gasteiger partial charge in [-0.25, -0.2) is 8.42 Å². The van der Waals surface area contributed by atoms with Crippen molar-refractivity contribution >= 4 is 43.3 Å². The molecule has 0 saturated carbocycles. The molecule has 1 aromatic carbocycles.